The molecular formula is C20H26ClN3O. The molecule has 4 rings (SSSR count). The molecule has 5 heteroatoms. The molecule has 1 unspecified atom stereocenters. The number of aromatic amines is 1. The molecule has 4 nitrogen and oxygen atoms in total. The molecule has 1 aromatic carbocycles. The standard InChI is InChI=1S/C20H26ClN3O/c1-12(2)9-18-20-15(16-10-13(21)3-6-17(16)23-20)7-8-24(18)19(25)11-22-14-4-5-14/h3,6,10,12,14,18,22-23H,4-5,7-9,11H2,1-2H3. The Morgan fingerprint density at radius 3 is 2.92 bits per heavy atom. The predicted octanol–water partition coefficient (Wildman–Crippen LogP) is 4.05. The summed E-state index contributed by atoms with van der Waals surface area (Å²) >= 11 is 6.21. The summed E-state index contributed by atoms with van der Waals surface area (Å²) in [5.41, 5.74) is 3.66. The first-order chi connectivity index (χ1) is 12.0. The Balaban J connectivity index is 1.66. The third-order valence-corrected chi connectivity index (χ3v) is 5.58. The summed E-state index contributed by atoms with van der Waals surface area (Å²) in [4.78, 5) is 18.5. The number of nitrogens with zero attached hydrogens (tertiary/aromatic N) is 1. The van der Waals surface area contributed by atoms with Crippen LogP contribution >= 0.6 is 11.6 Å². The molecule has 2 heterocycles. The van der Waals surface area contributed by atoms with Gasteiger partial charge in [-0.15, -0.1) is 0 Å². The van der Waals surface area contributed by atoms with Gasteiger partial charge < -0.3 is 15.2 Å². The van der Waals surface area contributed by atoms with Gasteiger partial charge in [-0.25, -0.2) is 0 Å². The van der Waals surface area contributed by atoms with Crippen LogP contribution in [0.25, 0.3) is 10.9 Å². The summed E-state index contributed by atoms with van der Waals surface area (Å²) in [7, 11) is 0. The van der Waals surface area contributed by atoms with Crippen LogP contribution in [0, 0.1) is 5.92 Å². The van der Waals surface area contributed by atoms with Crippen LogP contribution in [0.3, 0.4) is 0 Å². The maximum atomic E-state index is 12.8. The third kappa shape index (κ3) is 3.42. The molecule has 134 valence electrons. The highest BCUT2D eigenvalue weighted by molar-refractivity contribution is 6.31. The van der Waals surface area contributed by atoms with Crippen LogP contribution in [-0.4, -0.2) is 34.9 Å². The lowest BCUT2D eigenvalue weighted by Crippen LogP contribution is -2.45. The smallest absolute Gasteiger partial charge is 0.237 e. The zero-order valence-corrected chi connectivity index (χ0v) is 15.7. The average Bonchev–Trinajstić information content (AvgIpc) is 3.33. The highest BCUT2D eigenvalue weighted by atomic mass is 35.5. The van der Waals surface area contributed by atoms with Crippen molar-refractivity contribution in [3.05, 3.63) is 34.5 Å². The molecular weight excluding hydrogens is 334 g/mol. The molecule has 1 aromatic heterocycles. The Kier molecular flexibility index (Phi) is 4.50. The van der Waals surface area contributed by atoms with Crippen molar-refractivity contribution in [2.75, 3.05) is 13.1 Å². The predicted molar refractivity (Wildman–Crippen MR) is 102 cm³/mol. The number of hydrogen-bond acceptors (Lipinski definition) is 2. The van der Waals surface area contributed by atoms with Gasteiger partial charge in [0, 0.05) is 34.2 Å². The molecule has 2 aromatic rings. The topological polar surface area (TPSA) is 48.1 Å². The fraction of sp³-hybridized carbons (Fsp3) is 0.550. The van der Waals surface area contributed by atoms with E-state index in [2.05, 4.69) is 29.0 Å². The number of benzene rings is 1. The average molecular weight is 360 g/mol. The SMILES string of the molecule is CC(C)CC1c2[nH]c3ccc(Cl)cc3c2CCN1C(=O)CNC1CC1. The summed E-state index contributed by atoms with van der Waals surface area (Å²) in [6.45, 7) is 5.69. The summed E-state index contributed by atoms with van der Waals surface area (Å²) in [5.74, 6) is 0.748. The first-order valence-corrected chi connectivity index (χ1v) is 9.73. The van der Waals surface area contributed by atoms with Gasteiger partial charge in [0.15, 0.2) is 0 Å². The van der Waals surface area contributed by atoms with Gasteiger partial charge in [-0.3, -0.25) is 4.79 Å². The maximum Gasteiger partial charge on any atom is 0.237 e. The van der Waals surface area contributed by atoms with E-state index in [0.29, 0.717) is 18.5 Å². The van der Waals surface area contributed by atoms with Crippen molar-refractivity contribution in [2.45, 2.75) is 51.6 Å². The molecule has 0 radical (unpaired) electrons. The Morgan fingerprint density at radius 1 is 1.40 bits per heavy atom. The molecule has 1 fully saturated rings. The Bertz CT molecular complexity index is 794. The number of H-pyrrole nitrogens is 1. The third-order valence-electron chi connectivity index (χ3n) is 5.35. The zero-order chi connectivity index (χ0) is 17.6. The van der Waals surface area contributed by atoms with Crippen molar-refractivity contribution in [3.8, 4) is 0 Å². The summed E-state index contributed by atoms with van der Waals surface area (Å²) < 4.78 is 0. The van der Waals surface area contributed by atoms with Gasteiger partial charge in [-0.2, -0.15) is 0 Å². The molecule has 1 atom stereocenters. The number of halogens is 1. The van der Waals surface area contributed by atoms with Crippen molar-refractivity contribution in [1.82, 2.24) is 15.2 Å². The monoisotopic (exact) mass is 359 g/mol. The van der Waals surface area contributed by atoms with Gasteiger partial charge in [0.2, 0.25) is 5.91 Å². The van der Waals surface area contributed by atoms with E-state index in [9.17, 15) is 4.79 Å². The van der Waals surface area contributed by atoms with Crippen LogP contribution in [0.5, 0.6) is 0 Å². The number of carbonyl (C=O) groups is 1. The Morgan fingerprint density at radius 2 is 2.20 bits per heavy atom. The number of fused-ring (bicyclic) bond motifs is 3. The largest absolute Gasteiger partial charge is 0.356 e. The van der Waals surface area contributed by atoms with Crippen molar-refractivity contribution in [3.63, 3.8) is 0 Å². The second kappa shape index (κ2) is 6.65. The van der Waals surface area contributed by atoms with Gasteiger partial charge in [0.05, 0.1) is 12.6 Å². The summed E-state index contributed by atoms with van der Waals surface area (Å²) in [6.07, 6.45) is 4.27. The Labute approximate surface area is 153 Å². The van der Waals surface area contributed by atoms with Crippen molar-refractivity contribution in [2.24, 2.45) is 5.92 Å². The molecule has 1 saturated carbocycles. The molecule has 1 aliphatic carbocycles. The van der Waals surface area contributed by atoms with E-state index >= 15 is 0 Å². The van der Waals surface area contributed by atoms with Crippen LogP contribution in [-0.2, 0) is 11.2 Å². The summed E-state index contributed by atoms with van der Waals surface area (Å²) in [6, 6.07) is 6.70. The van der Waals surface area contributed by atoms with Gasteiger partial charge in [0.1, 0.15) is 0 Å². The fourth-order valence-electron chi connectivity index (χ4n) is 3.95. The number of nitrogens with one attached hydrogen (secondary N) is 2. The van der Waals surface area contributed by atoms with E-state index < -0.39 is 0 Å². The normalized spacial score (nSPS) is 20.3. The molecule has 0 saturated heterocycles. The molecule has 1 amide bonds. The van der Waals surface area contributed by atoms with Crippen LogP contribution in [0.1, 0.15) is 50.4 Å². The molecule has 1 aliphatic heterocycles. The number of carbonyl (C=O) groups excluding carboxylic acids is 1. The second-order valence-electron chi connectivity index (χ2n) is 7.84. The van der Waals surface area contributed by atoms with E-state index in [4.69, 9.17) is 11.6 Å². The minimum Gasteiger partial charge on any atom is -0.356 e. The number of amides is 1. The van der Waals surface area contributed by atoms with Crippen molar-refractivity contribution in [1.29, 1.82) is 0 Å². The lowest BCUT2D eigenvalue weighted by molar-refractivity contribution is -0.133. The van der Waals surface area contributed by atoms with Crippen molar-refractivity contribution < 1.29 is 4.79 Å². The number of rotatable bonds is 5. The highest BCUT2D eigenvalue weighted by Gasteiger charge is 2.34. The van der Waals surface area contributed by atoms with Gasteiger partial charge in [0.25, 0.3) is 0 Å². The lowest BCUT2D eigenvalue weighted by atomic mass is 9.91. The van der Waals surface area contributed by atoms with Crippen LogP contribution < -0.4 is 5.32 Å². The first kappa shape index (κ1) is 16.9. The Hall–Kier alpha value is -1.52. The summed E-state index contributed by atoms with van der Waals surface area (Å²) in [5, 5.41) is 5.34. The molecule has 2 N–H and O–H groups in total. The molecule has 0 spiro atoms. The van der Waals surface area contributed by atoms with E-state index in [1.54, 1.807) is 0 Å². The number of aromatic nitrogens is 1. The van der Waals surface area contributed by atoms with Crippen LogP contribution in [0.2, 0.25) is 5.02 Å². The van der Waals surface area contributed by atoms with Crippen LogP contribution in [0.4, 0.5) is 0 Å². The van der Waals surface area contributed by atoms with E-state index in [1.165, 1.54) is 29.5 Å². The highest BCUT2D eigenvalue weighted by Crippen LogP contribution is 2.38. The second-order valence-corrected chi connectivity index (χ2v) is 8.28. The molecule has 2 aliphatic rings. The van der Waals surface area contributed by atoms with Gasteiger partial charge in [-0.05, 0) is 55.4 Å². The fourth-order valence-corrected chi connectivity index (χ4v) is 4.12. The minimum atomic E-state index is 0.128. The van der Waals surface area contributed by atoms with Crippen molar-refractivity contribution >= 4 is 28.4 Å². The van der Waals surface area contributed by atoms with Gasteiger partial charge in [-0.1, -0.05) is 25.4 Å². The van der Waals surface area contributed by atoms with E-state index in [0.717, 1.165) is 29.9 Å². The first-order valence-electron chi connectivity index (χ1n) is 9.35. The zero-order valence-electron chi connectivity index (χ0n) is 14.9. The molecule has 0 bridgehead atoms. The quantitative estimate of drug-likeness (QED) is 0.846. The molecule has 25 heavy (non-hydrogen) atoms. The minimum absolute atomic E-state index is 0.128. The van der Waals surface area contributed by atoms with E-state index in [-0.39, 0.29) is 11.9 Å². The van der Waals surface area contributed by atoms with E-state index in [1.807, 2.05) is 18.2 Å². The van der Waals surface area contributed by atoms with Crippen LogP contribution in [0.15, 0.2) is 18.2 Å². The lowest BCUT2D eigenvalue weighted by Gasteiger charge is -2.37. The number of hydrogen-bond donors (Lipinski definition) is 2. The maximum absolute atomic E-state index is 12.8. The van der Waals surface area contributed by atoms with Gasteiger partial charge >= 0.3 is 0 Å².